The maximum Gasteiger partial charge on any atom is 0.191 e. The predicted octanol–water partition coefficient (Wildman–Crippen LogP) is 3.98. The molecule has 0 radical (unpaired) electrons. The summed E-state index contributed by atoms with van der Waals surface area (Å²) in [4.78, 5) is 10.7. The zero-order valence-corrected chi connectivity index (χ0v) is 21.1. The van der Waals surface area contributed by atoms with Crippen molar-refractivity contribution in [2.24, 2.45) is 4.99 Å². The number of nitrogens with zero attached hydrogens (tertiary/aromatic N) is 3. The highest BCUT2D eigenvalue weighted by Crippen LogP contribution is 2.17. The molecule has 1 heterocycles. The first kappa shape index (κ1) is 26.5. The number of hydrogen-bond donors (Lipinski definition) is 2. The van der Waals surface area contributed by atoms with Crippen molar-refractivity contribution in [3.05, 3.63) is 58.9 Å². The molecular formula is C22H33ClIN5O. The second kappa shape index (κ2) is 15.3. The Balaban J connectivity index is 0.00000450. The Morgan fingerprint density at radius 3 is 2.57 bits per heavy atom. The minimum Gasteiger partial charge on any atom is -0.492 e. The third kappa shape index (κ3) is 9.49. The number of aliphatic imine (C=N–C) groups is 1. The minimum atomic E-state index is 0. The second-order valence-electron chi connectivity index (χ2n) is 6.57. The van der Waals surface area contributed by atoms with Gasteiger partial charge < -0.3 is 20.3 Å². The van der Waals surface area contributed by atoms with E-state index < -0.39 is 0 Å². The van der Waals surface area contributed by atoms with Crippen LogP contribution < -0.4 is 15.4 Å². The van der Waals surface area contributed by atoms with E-state index in [4.69, 9.17) is 16.3 Å². The van der Waals surface area contributed by atoms with E-state index in [0.29, 0.717) is 18.3 Å². The number of likely N-dealkylation sites (N-methyl/N-ethyl adjacent to an activating group) is 1. The summed E-state index contributed by atoms with van der Waals surface area (Å²) in [5, 5.41) is 7.19. The Labute approximate surface area is 202 Å². The molecule has 2 aromatic rings. The monoisotopic (exact) mass is 545 g/mol. The fraction of sp³-hybridized carbons (Fsp3) is 0.455. The molecule has 1 aromatic carbocycles. The molecule has 1 aromatic heterocycles. The first-order valence-corrected chi connectivity index (χ1v) is 10.5. The highest BCUT2D eigenvalue weighted by atomic mass is 127. The van der Waals surface area contributed by atoms with E-state index in [1.165, 1.54) is 0 Å². The number of pyridine rings is 1. The van der Waals surface area contributed by atoms with E-state index in [-0.39, 0.29) is 24.0 Å². The molecule has 0 spiro atoms. The van der Waals surface area contributed by atoms with Crippen LogP contribution in [-0.4, -0.2) is 55.7 Å². The molecule has 0 aliphatic heterocycles. The molecule has 0 amide bonds. The van der Waals surface area contributed by atoms with Gasteiger partial charge in [-0.15, -0.1) is 24.0 Å². The second-order valence-corrected chi connectivity index (χ2v) is 6.96. The van der Waals surface area contributed by atoms with Crippen LogP contribution in [0.1, 0.15) is 25.0 Å². The third-order valence-corrected chi connectivity index (χ3v) is 4.92. The van der Waals surface area contributed by atoms with Crippen LogP contribution in [0.2, 0.25) is 5.15 Å². The standard InChI is InChI=1S/C22H32ClN5O.HI/c1-4-28(5-2)14-15-29-20-9-7-6-8-19(20)17-27-22(24-3)25-13-12-18-10-11-21(23)26-16-18;/h6-11,16H,4-5,12-15,17H2,1-3H3,(H2,24,25,27);1H. The molecule has 0 unspecified atom stereocenters. The number of ether oxygens (including phenoxy) is 1. The molecule has 8 heteroatoms. The predicted molar refractivity (Wildman–Crippen MR) is 136 cm³/mol. The lowest BCUT2D eigenvalue weighted by Gasteiger charge is -2.19. The van der Waals surface area contributed by atoms with Gasteiger partial charge in [0, 0.05) is 38.4 Å². The summed E-state index contributed by atoms with van der Waals surface area (Å²) in [6.45, 7) is 9.42. The summed E-state index contributed by atoms with van der Waals surface area (Å²) in [5.41, 5.74) is 2.24. The van der Waals surface area contributed by atoms with E-state index in [1.807, 2.05) is 24.3 Å². The molecule has 0 aliphatic carbocycles. The molecule has 2 rings (SSSR count). The summed E-state index contributed by atoms with van der Waals surface area (Å²) in [5.74, 6) is 1.67. The van der Waals surface area contributed by atoms with Gasteiger partial charge in [-0.2, -0.15) is 0 Å². The van der Waals surface area contributed by atoms with Crippen molar-refractivity contribution in [3.63, 3.8) is 0 Å². The molecule has 30 heavy (non-hydrogen) atoms. The van der Waals surface area contributed by atoms with E-state index in [1.54, 1.807) is 19.3 Å². The summed E-state index contributed by atoms with van der Waals surface area (Å²) < 4.78 is 6.03. The number of benzene rings is 1. The van der Waals surface area contributed by atoms with Gasteiger partial charge in [0.1, 0.15) is 17.5 Å². The highest BCUT2D eigenvalue weighted by molar-refractivity contribution is 14.0. The molecule has 0 saturated heterocycles. The van der Waals surface area contributed by atoms with Gasteiger partial charge in [0.25, 0.3) is 0 Å². The Kier molecular flexibility index (Phi) is 13.5. The summed E-state index contributed by atoms with van der Waals surface area (Å²) in [6, 6.07) is 11.9. The Bertz CT molecular complexity index is 753. The van der Waals surface area contributed by atoms with Crippen molar-refractivity contribution >= 4 is 41.5 Å². The first-order chi connectivity index (χ1) is 14.2. The fourth-order valence-electron chi connectivity index (χ4n) is 2.89. The molecule has 0 bridgehead atoms. The van der Waals surface area contributed by atoms with Crippen molar-refractivity contribution in [2.45, 2.75) is 26.8 Å². The summed E-state index contributed by atoms with van der Waals surface area (Å²) in [6.07, 6.45) is 2.64. The Hall–Kier alpha value is -1.58. The maximum atomic E-state index is 6.03. The number of aromatic nitrogens is 1. The minimum absolute atomic E-state index is 0. The smallest absolute Gasteiger partial charge is 0.191 e. The molecular weight excluding hydrogens is 513 g/mol. The first-order valence-electron chi connectivity index (χ1n) is 10.1. The van der Waals surface area contributed by atoms with Crippen LogP contribution in [0.3, 0.4) is 0 Å². The van der Waals surface area contributed by atoms with Crippen LogP contribution in [0.5, 0.6) is 5.75 Å². The van der Waals surface area contributed by atoms with Crippen LogP contribution in [0.4, 0.5) is 0 Å². The number of hydrogen-bond acceptors (Lipinski definition) is 4. The molecule has 0 saturated carbocycles. The van der Waals surface area contributed by atoms with Crippen LogP contribution >= 0.6 is 35.6 Å². The van der Waals surface area contributed by atoms with Crippen molar-refractivity contribution in [3.8, 4) is 5.75 Å². The quantitative estimate of drug-likeness (QED) is 0.194. The zero-order chi connectivity index (χ0) is 20.9. The SMILES string of the molecule is CCN(CC)CCOc1ccccc1CNC(=NC)NCCc1ccc(Cl)nc1.I. The third-order valence-electron chi connectivity index (χ3n) is 4.70. The molecule has 0 atom stereocenters. The van der Waals surface area contributed by atoms with Gasteiger partial charge in [-0.05, 0) is 37.2 Å². The number of para-hydroxylation sites is 1. The lowest BCUT2D eigenvalue weighted by Crippen LogP contribution is -2.38. The van der Waals surface area contributed by atoms with Gasteiger partial charge in [-0.1, -0.05) is 49.7 Å². The van der Waals surface area contributed by atoms with Crippen molar-refractivity contribution in [2.75, 3.05) is 39.8 Å². The molecule has 0 fully saturated rings. The lowest BCUT2D eigenvalue weighted by atomic mass is 10.2. The van der Waals surface area contributed by atoms with E-state index >= 15 is 0 Å². The van der Waals surface area contributed by atoms with Gasteiger partial charge in [0.2, 0.25) is 0 Å². The Morgan fingerprint density at radius 1 is 1.13 bits per heavy atom. The number of guanidine groups is 1. The highest BCUT2D eigenvalue weighted by Gasteiger charge is 2.06. The molecule has 6 nitrogen and oxygen atoms in total. The topological polar surface area (TPSA) is 61.8 Å². The molecule has 0 aliphatic rings. The summed E-state index contributed by atoms with van der Waals surface area (Å²) >= 11 is 5.82. The lowest BCUT2D eigenvalue weighted by molar-refractivity contribution is 0.221. The molecule has 166 valence electrons. The largest absolute Gasteiger partial charge is 0.492 e. The van der Waals surface area contributed by atoms with Crippen molar-refractivity contribution < 1.29 is 4.74 Å². The average molecular weight is 546 g/mol. The molecule has 2 N–H and O–H groups in total. The number of rotatable bonds is 11. The van der Waals surface area contributed by atoms with Crippen molar-refractivity contribution in [1.29, 1.82) is 0 Å². The van der Waals surface area contributed by atoms with Crippen LogP contribution in [0.15, 0.2) is 47.6 Å². The van der Waals surface area contributed by atoms with Gasteiger partial charge in [0.15, 0.2) is 5.96 Å². The fourth-order valence-corrected chi connectivity index (χ4v) is 3.01. The van der Waals surface area contributed by atoms with Gasteiger partial charge in [-0.3, -0.25) is 4.99 Å². The van der Waals surface area contributed by atoms with Gasteiger partial charge in [-0.25, -0.2) is 4.98 Å². The average Bonchev–Trinajstić information content (AvgIpc) is 2.75. The van der Waals surface area contributed by atoms with Gasteiger partial charge >= 0.3 is 0 Å². The van der Waals surface area contributed by atoms with Crippen molar-refractivity contribution in [1.82, 2.24) is 20.5 Å². The maximum absolute atomic E-state index is 6.03. The van der Waals surface area contributed by atoms with E-state index in [2.05, 4.69) is 45.4 Å². The van der Waals surface area contributed by atoms with E-state index in [0.717, 1.165) is 55.4 Å². The van der Waals surface area contributed by atoms with Crippen LogP contribution in [0.25, 0.3) is 0 Å². The zero-order valence-electron chi connectivity index (χ0n) is 18.0. The number of halogens is 2. The van der Waals surface area contributed by atoms with Crippen LogP contribution in [-0.2, 0) is 13.0 Å². The van der Waals surface area contributed by atoms with Crippen LogP contribution in [0, 0.1) is 0 Å². The number of nitrogens with one attached hydrogen (secondary N) is 2. The van der Waals surface area contributed by atoms with Gasteiger partial charge in [0.05, 0.1) is 0 Å². The summed E-state index contributed by atoms with van der Waals surface area (Å²) in [7, 11) is 1.77. The Morgan fingerprint density at radius 2 is 1.90 bits per heavy atom. The normalized spacial score (nSPS) is 11.2. The van der Waals surface area contributed by atoms with E-state index in [9.17, 15) is 0 Å².